The lowest BCUT2D eigenvalue weighted by Gasteiger charge is -2.00. The van der Waals surface area contributed by atoms with Crippen molar-refractivity contribution in [2.75, 3.05) is 25.2 Å². The third-order valence-electron chi connectivity index (χ3n) is 1.60. The van der Waals surface area contributed by atoms with Crippen LogP contribution in [-0.4, -0.2) is 36.3 Å². The lowest BCUT2D eigenvalue weighted by molar-refractivity contribution is -0.136. The van der Waals surface area contributed by atoms with E-state index in [-0.39, 0.29) is 6.42 Å². The first-order valence-corrected chi connectivity index (χ1v) is 5.71. The van der Waals surface area contributed by atoms with E-state index in [1.54, 1.807) is 18.9 Å². The molecule has 0 amide bonds. The smallest absolute Gasteiger partial charge is 0.304 e. The van der Waals surface area contributed by atoms with Crippen LogP contribution in [-0.2, 0) is 9.53 Å². The molecule has 0 aliphatic rings. The Labute approximate surface area is 83.9 Å². The monoisotopic (exact) mass is 206 g/mol. The fraction of sp³-hybridized carbons (Fsp3) is 0.889. The summed E-state index contributed by atoms with van der Waals surface area (Å²) < 4.78 is 4.92. The molecule has 0 heterocycles. The highest BCUT2D eigenvalue weighted by molar-refractivity contribution is 7.99. The van der Waals surface area contributed by atoms with Gasteiger partial charge in [-0.3, -0.25) is 4.79 Å². The Morgan fingerprint density at radius 1 is 1.31 bits per heavy atom. The summed E-state index contributed by atoms with van der Waals surface area (Å²) in [5, 5.41) is 8.36. The highest BCUT2D eigenvalue weighted by atomic mass is 32.2. The zero-order valence-corrected chi connectivity index (χ0v) is 8.94. The second-order valence-electron chi connectivity index (χ2n) is 2.81. The average molecular weight is 206 g/mol. The second kappa shape index (κ2) is 9.86. The predicted molar refractivity (Wildman–Crippen MR) is 55.3 cm³/mol. The molecular formula is C9H18O3S. The van der Waals surface area contributed by atoms with E-state index in [2.05, 4.69) is 0 Å². The molecule has 13 heavy (non-hydrogen) atoms. The number of ether oxygens (including phenoxy) is 1. The van der Waals surface area contributed by atoms with Gasteiger partial charge in [0.1, 0.15) is 0 Å². The van der Waals surface area contributed by atoms with Crippen molar-refractivity contribution in [1.29, 1.82) is 0 Å². The van der Waals surface area contributed by atoms with Crippen LogP contribution in [0.5, 0.6) is 0 Å². The second-order valence-corrected chi connectivity index (χ2v) is 4.03. The number of unbranched alkanes of at least 4 members (excludes halogenated alkanes) is 2. The lowest BCUT2D eigenvalue weighted by Crippen LogP contribution is -1.96. The fourth-order valence-corrected chi connectivity index (χ4v) is 1.82. The first-order chi connectivity index (χ1) is 6.27. The number of carboxylic acids is 1. The summed E-state index contributed by atoms with van der Waals surface area (Å²) in [5.41, 5.74) is 0. The minimum Gasteiger partial charge on any atom is -0.481 e. The molecule has 0 aromatic carbocycles. The molecule has 0 radical (unpaired) electrons. The summed E-state index contributed by atoms with van der Waals surface area (Å²) in [5.74, 6) is 1.10. The van der Waals surface area contributed by atoms with Crippen molar-refractivity contribution in [3.8, 4) is 0 Å². The van der Waals surface area contributed by atoms with Crippen molar-refractivity contribution in [3.63, 3.8) is 0 Å². The molecule has 0 unspecified atom stereocenters. The number of carboxylic acid groups (broad SMARTS) is 1. The average Bonchev–Trinajstić information content (AvgIpc) is 2.09. The Hall–Kier alpha value is -0.220. The number of aliphatic carboxylic acids is 1. The quantitative estimate of drug-likeness (QED) is 0.586. The van der Waals surface area contributed by atoms with Crippen molar-refractivity contribution < 1.29 is 14.6 Å². The molecule has 4 heteroatoms. The van der Waals surface area contributed by atoms with Crippen LogP contribution in [0.4, 0.5) is 0 Å². The summed E-state index contributed by atoms with van der Waals surface area (Å²) in [7, 11) is 1.71. The lowest BCUT2D eigenvalue weighted by atomic mass is 10.3. The zero-order chi connectivity index (χ0) is 9.94. The molecule has 0 saturated heterocycles. The van der Waals surface area contributed by atoms with E-state index >= 15 is 0 Å². The minimum absolute atomic E-state index is 0.280. The molecule has 0 atom stereocenters. The minimum atomic E-state index is -0.702. The van der Waals surface area contributed by atoms with Crippen LogP contribution in [0.25, 0.3) is 0 Å². The molecular weight excluding hydrogens is 188 g/mol. The van der Waals surface area contributed by atoms with E-state index in [4.69, 9.17) is 9.84 Å². The van der Waals surface area contributed by atoms with Crippen LogP contribution >= 0.6 is 11.8 Å². The van der Waals surface area contributed by atoms with E-state index < -0.39 is 5.97 Å². The summed E-state index contributed by atoms with van der Waals surface area (Å²) >= 11 is 1.72. The molecule has 78 valence electrons. The Balaban J connectivity index is 2.87. The molecule has 0 bridgehead atoms. The molecule has 3 nitrogen and oxygen atoms in total. The molecule has 0 aliphatic carbocycles. The molecule has 0 fully saturated rings. The van der Waals surface area contributed by atoms with Crippen LogP contribution < -0.4 is 0 Å². The molecule has 0 saturated carbocycles. The standard InChI is InChI=1S/C9H18O3S/c1-12-6-3-2-4-7-13-8-5-9(10)11/h2-8H2,1H3,(H,10,11). The first kappa shape index (κ1) is 12.8. The van der Waals surface area contributed by atoms with Gasteiger partial charge in [0.05, 0.1) is 6.42 Å². The molecule has 0 aromatic rings. The van der Waals surface area contributed by atoms with Gasteiger partial charge in [0.15, 0.2) is 0 Å². The highest BCUT2D eigenvalue weighted by Crippen LogP contribution is 2.07. The van der Waals surface area contributed by atoms with Gasteiger partial charge in [0.25, 0.3) is 0 Å². The highest BCUT2D eigenvalue weighted by Gasteiger charge is 1.96. The number of carbonyl (C=O) groups is 1. The summed E-state index contributed by atoms with van der Waals surface area (Å²) in [4.78, 5) is 10.1. The number of hydrogen-bond donors (Lipinski definition) is 1. The van der Waals surface area contributed by atoms with Crippen molar-refractivity contribution in [2.24, 2.45) is 0 Å². The Morgan fingerprint density at radius 2 is 2.08 bits per heavy atom. The molecule has 0 spiro atoms. The van der Waals surface area contributed by atoms with E-state index in [0.29, 0.717) is 0 Å². The van der Waals surface area contributed by atoms with Crippen molar-refractivity contribution >= 4 is 17.7 Å². The van der Waals surface area contributed by atoms with Gasteiger partial charge in [-0.25, -0.2) is 0 Å². The summed E-state index contributed by atoms with van der Waals surface area (Å²) in [6, 6.07) is 0. The Kier molecular flexibility index (Phi) is 9.70. The molecule has 1 N–H and O–H groups in total. The van der Waals surface area contributed by atoms with Crippen molar-refractivity contribution in [3.05, 3.63) is 0 Å². The van der Waals surface area contributed by atoms with Crippen LogP contribution in [0.1, 0.15) is 25.7 Å². The first-order valence-electron chi connectivity index (χ1n) is 4.56. The Bertz CT molecular complexity index is 128. The van der Waals surface area contributed by atoms with Gasteiger partial charge >= 0.3 is 5.97 Å². The normalized spacial score (nSPS) is 10.2. The number of hydrogen-bond acceptors (Lipinski definition) is 3. The molecule has 0 aromatic heterocycles. The van der Waals surface area contributed by atoms with Crippen molar-refractivity contribution in [1.82, 2.24) is 0 Å². The van der Waals surface area contributed by atoms with Gasteiger partial charge in [0.2, 0.25) is 0 Å². The predicted octanol–water partition coefficient (Wildman–Crippen LogP) is 2.01. The van der Waals surface area contributed by atoms with Crippen LogP contribution in [0.15, 0.2) is 0 Å². The van der Waals surface area contributed by atoms with E-state index in [1.807, 2.05) is 0 Å². The number of methoxy groups -OCH3 is 1. The zero-order valence-electron chi connectivity index (χ0n) is 8.12. The van der Waals surface area contributed by atoms with E-state index in [1.165, 1.54) is 6.42 Å². The molecule has 0 aliphatic heterocycles. The summed E-state index contributed by atoms with van der Waals surface area (Å²) in [6.45, 7) is 0.833. The van der Waals surface area contributed by atoms with Gasteiger partial charge in [-0.2, -0.15) is 11.8 Å². The third kappa shape index (κ3) is 11.8. The summed E-state index contributed by atoms with van der Waals surface area (Å²) in [6.07, 6.45) is 3.72. The van der Waals surface area contributed by atoms with Gasteiger partial charge < -0.3 is 9.84 Å². The fourth-order valence-electron chi connectivity index (χ4n) is 0.889. The number of thioether (sulfide) groups is 1. The topological polar surface area (TPSA) is 46.5 Å². The SMILES string of the molecule is COCCCCCSCCC(=O)O. The largest absolute Gasteiger partial charge is 0.481 e. The van der Waals surface area contributed by atoms with E-state index in [0.717, 1.165) is 31.0 Å². The number of rotatable bonds is 9. The third-order valence-corrected chi connectivity index (χ3v) is 2.67. The van der Waals surface area contributed by atoms with Crippen LogP contribution in [0.2, 0.25) is 0 Å². The maximum Gasteiger partial charge on any atom is 0.304 e. The maximum absolute atomic E-state index is 10.1. The van der Waals surface area contributed by atoms with Gasteiger partial charge in [-0.15, -0.1) is 0 Å². The molecule has 0 rings (SSSR count). The van der Waals surface area contributed by atoms with Crippen molar-refractivity contribution in [2.45, 2.75) is 25.7 Å². The van der Waals surface area contributed by atoms with Gasteiger partial charge in [0, 0.05) is 19.5 Å². The van der Waals surface area contributed by atoms with E-state index in [9.17, 15) is 4.79 Å². The van der Waals surface area contributed by atoms with Crippen LogP contribution in [0, 0.1) is 0 Å². The van der Waals surface area contributed by atoms with Crippen LogP contribution in [0.3, 0.4) is 0 Å². The van der Waals surface area contributed by atoms with Gasteiger partial charge in [-0.05, 0) is 18.6 Å². The van der Waals surface area contributed by atoms with Gasteiger partial charge in [-0.1, -0.05) is 6.42 Å². The Morgan fingerprint density at radius 3 is 2.69 bits per heavy atom. The maximum atomic E-state index is 10.1.